The molecule has 160 valence electrons. The van der Waals surface area contributed by atoms with Crippen LogP contribution in [0.4, 0.5) is 0 Å². The molecule has 1 amide bonds. The molecule has 2 aromatic heterocycles. The number of hydrogen-bond acceptors (Lipinski definition) is 7. The van der Waals surface area contributed by atoms with Crippen molar-refractivity contribution in [2.75, 3.05) is 33.7 Å². The second kappa shape index (κ2) is 8.95. The van der Waals surface area contributed by atoms with Crippen molar-refractivity contribution in [2.24, 2.45) is 5.92 Å². The molecule has 0 bridgehead atoms. The highest BCUT2D eigenvalue weighted by molar-refractivity contribution is 7.89. The molecule has 2 aromatic rings. The molecule has 1 aliphatic heterocycles. The summed E-state index contributed by atoms with van der Waals surface area (Å²) in [6, 6.07) is 4.20. The molecule has 8 nitrogen and oxygen atoms in total. The number of aryl methyl sites for hydroxylation is 2. The molecular weight excluding hydrogens is 412 g/mol. The number of carbonyl (C=O) groups is 1. The molecule has 29 heavy (non-hydrogen) atoms. The molecule has 0 saturated carbocycles. The molecule has 1 atom stereocenters. The van der Waals surface area contributed by atoms with E-state index in [1.54, 1.807) is 25.2 Å². The van der Waals surface area contributed by atoms with Gasteiger partial charge < -0.3 is 14.7 Å². The van der Waals surface area contributed by atoms with Gasteiger partial charge in [-0.05, 0) is 52.2 Å². The van der Waals surface area contributed by atoms with E-state index in [0.717, 1.165) is 0 Å². The average Bonchev–Trinajstić information content (AvgIpc) is 3.31. The summed E-state index contributed by atoms with van der Waals surface area (Å²) < 4.78 is 32.3. The highest BCUT2D eigenvalue weighted by Gasteiger charge is 2.35. The lowest BCUT2D eigenvalue weighted by molar-refractivity contribution is -0.126. The summed E-state index contributed by atoms with van der Waals surface area (Å²) in [6.07, 6.45) is 1.00. The van der Waals surface area contributed by atoms with Crippen molar-refractivity contribution in [3.05, 3.63) is 33.8 Å². The lowest BCUT2D eigenvalue weighted by Crippen LogP contribution is -2.44. The van der Waals surface area contributed by atoms with Gasteiger partial charge in [-0.3, -0.25) is 4.79 Å². The smallest absolute Gasteiger partial charge is 0.248 e. The molecule has 10 heteroatoms. The van der Waals surface area contributed by atoms with Gasteiger partial charge in [0.1, 0.15) is 10.6 Å². The van der Waals surface area contributed by atoms with Crippen molar-refractivity contribution < 1.29 is 17.7 Å². The van der Waals surface area contributed by atoms with Gasteiger partial charge in [0.15, 0.2) is 5.76 Å². The average molecular weight is 441 g/mol. The Labute approximate surface area is 175 Å². The first-order valence-electron chi connectivity index (χ1n) is 9.62. The second-order valence-electron chi connectivity index (χ2n) is 7.57. The summed E-state index contributed by atoms with van der Waals surface area (Å²) in [4.78, 5) is 16.1. The molecule has 1 N–H and O–H groups in total. The van der Waals surface area contributed by atoms with Crippen molar-refractivity contribution in [2.45, 2.75) is 37.6 Å². The standard InChI is InChI=1S/C19H28N4O4S2/c1-13-18(14(2)27-21-13)29(25,26)23-9-7-15(8-10-23)19(24)20-12-16(22(3)4)17-6-5-11-28-17/h5-6,11,15-16H,7-10,12H2,1-4H3,(H,20,24). The number of piperidine rings is 1. The molecule has 3 heterocycles. The summed E-state index contributed by atoms with van der Waals surface area (Å²) in [5.74, 6) is 0.103. The van der Waals surface area contributed by atoms with Gasteiger partial charge in [0.25, 0.3) is 0 Å². The van der Waals surface area contributed by atoms with Crippen LogP contribution in [0.15, 0.2) is 26.9 Å². The third-order valence-corrected chi connectivity index (χ3v) is 8.47. The van der Waals surface area contributed by atoms with Crippen LogP contribution < -0.4 is 5.32 Å². The first-order chi connectivity index (χ1) is 13.7. The zero-order valence-electron chi connectivity index (χ0n) is 17.2. The number of rotatable bonds is 7. The number of sulfonamides is 1. The summed E-state index contributed by atoms with van der Waals surface area (Å²) >= 11 is 1.67. The van der Waals surface area contributed by atoms with E-state index in [4.69, 9.17) is 4.52 Å². The van der Waals surface area contributed by atoms with Crippen LogP contribution in [-0.2, 0) is 14.8 Å². The summed E-state index contributed by atoms with van der Waals surface area (Å²) in [5.41, 5.74) is 0.366. The fourth-order valence-corrected chi connectivity index (χ4v) is 6.37. The van der Waals surface area contributed by atoms with Crippen LogP contribution >= 0.6 is 11.3 Å². The van der Waals surface area contributed by atoms with E-state index < -0.39 is 10.0 Å². The van der Waals surface area contributed by atoms with Crippen LogP contribution in [0.5, 0.6) is 0 Å². The van der Waals surface area contributed by atoms with Crippen LogP contribution in [0.2, 0.25) is 0 Å². The van der Waals surface area contributed by atoms with Crippen LogP contribution in [-0.4, -0.2) is 62.4 Å². The molecule has 1 aliphatic rings. The zero-order valence-corrected chi connectivity index (χ0v) is 18.8. The first kappa shape index (κ1) is 21.9. The predicted molar refractivity (Wildman–Crippen MR) is 111 cm³/mol. The van der Waals surface area contributed by atoms with Crippen LogP contribution in [0.3, 0.4) is 0 Å². The van der Waals surface area contributed by atoms with Crippen molar-refractivity contribution in [1.29, 1.82) is 0 Å². The third kappa shape index (κ3) is 4.71. The summed E-state index contributed by atoms with van der Waals surface area (Å²) in [5, 5.41) is 8.83. The van der Waals surface area contributed by atoms with Gasteiger partial charge in [0.05, 0.1) is 6.04 Å². The number of amides is 1. The molecule has 1 saturated heterocycles. The second-order valence-corrected chi connectivity index (χ2v) is 10.4. The lowest BCUT2D eigenvalue weighted by atomic mass is 9.97. The number of hydrogen-bond donors (Lipinski definition) is 1. The van der Waals surface area contributed by atoms with Gasteiger partial charge in [0.2, 0.25) is 15.9 Å². The zero-order chi connectivity index (χ0) is 21.2. The van der Waals surface area contributed by atoms with E-state index in [-0.39, 0.29) is 22.8 Å². The quantitative estimate of drug-likeness (QED) is 0.709. The molecule has 0 radical (unpaired) electrons. The third-order valence-electron chi connectivity index (χ3n) is 5.36. The Hall–Kier alpha value is -1.75. The Kier molecular flexibility index (Phi) is 6.77. The molecule has 0 aromatic carbocycles. The maximum atomic E-state index is 12.9. The van der Waals surface area contributed by atoms with E-state index in [1.165, 1.54) is 9.18 Å². The summed E-state index contributed by atoms with van der Waals surface area (Å²) in [6.45, 7) is 4.38. The Morgan fingerprint density at radius 1 is 1.38 bits per heavy atom. The van der Waals surface area contributed by atoms with E-state index in [0.29, 0.717) is 43.9 Å². The number of nitrogens with one attached hydrogen (secondary N) is 1. The Balaban J connectivity index is 1.57. The number of likely N-dealkylation sites (N-methyl/N-ethyl adjacent to an activating group) is 1. The van der Waals surface area contributed by atoms with Gasteiger partial charge in [-0.15, -0.1) is 11.3 Å². The highest BCUT2D eigenvalue weighted by Crippen LogP contribution is 2.28. The predicted octanol–water partition coefficient (Wildman–Crippen LogP) is 2.17. The normalized spacial score (nSPS) is 17.6. The van der Waals surface area contributed by atoms with Crippen LogP contribution in [0.25, 0.3) is 0 Å². The van der Waals surface area contributed by atoms with Gasteiger partial charge in [-0.25, -0.2) is 8.42 Å². The lowest BCUT2D eigenvalue weighted by Gasteiger charge is -2.31. The van der Waals surface area contributed by atoms with Crippen LogP contribution in [0, 0.1) is 19.8 Å². The molecule has 0 aliphatic carbocycles. The van der Waals surface area contributed by atoms with E-state index in [1.807, 2.05) is 25.5 Å². The number of nitrogens with zero attached hydrogens (tertiary/aromatic N) is 3. The molecule has 3 rings (SSSR count). The maximum absolute atomic E-state index is 12.9. The largest absolute Gasteiger partial charge is 0.360 e. The Morgan fingerprint density at radius 3 is 2.59 bits per heavy atom. The van der Waals surface area contributed by atoms with Crippen LogP contribution in [0.1, 0.15) is 35.2 Å². The van der Waals surface area contributed by atoms with Gasteiger partial charge >= 0.3 is 0 Å². The van der Waals surface area contributed by atoms with Crippen molar-refractivity contribution >= 4 is 27.3 Å². The first-order valence-corrected chi connectivity index (χ1v) is 11.9. The molecular formula is C19H28N4O4S2. The van der Waals surface area contributed by atoms with E-state index in [2.05, 4.69) is 21.4 Å². The van der Waals surface area contributed by atoms with Crippen molar-refractivity contribution in [3.63, 3.8) is 0 Å². The monoisotopic (exact) mass is 440 g/mol. The minimum Gasteiger partial charge on any atom is -0.360 e. The molecule has 1 fully saturated rings. The number of aromatic nitrogens is 1. The van der Waals surface area contributed by atoms with E-state index in [9.17, 15) is 13.2 Å². The molecule has 0 spiro atoms. The fraction of sp³-hybridized carbons (Fsp3) is 0.579. The number of thiophene rings is 1. The van der Waals surface area contributed by atoms with Crippen molar-refractivity contribution in [1.82, 2.24) is 19.7 Å². The van der Waals surface area contributed by atoms with E-state index >= 15 is 0 Å². The van der Waals surface area contributed by atoms with Gasteiger partial charge in [-0.2, -0.15) is 4.31 Å². The Morgan fingerprint density at radius 2 is 2.07 bits per heavy atom. The van der Waals surface area contributed by atoms with Gasteiger partial charge in [-0.1, -0.05) is 11.2 Å². The number of carbonyl (C=O) groups excluding carboxylic acids is 1. The molecule has 1 unspecified atom stereocenters. The minimum atomic E-state index is -3.66. The summed E-state index contributed by atoms with van der Waals surface area (Å²) in [7, 11) is 0.334. The SMILES string of the molecule is Cc1noc(C)c1S(=O)(=O)N1CCC(C(=O)NCC(c2cccs2)N(C)C)CC1. The van der Waals surface area contributed by atoms with Crippen molar-refractivity contribution in [3.8, 4) is 0 Å². The topological polar surface area (TPSA) is 95.8 Å². The highest BCUT2D eigenvalue weighted by atomic mass is 32.2. The maximum Gasteiger partial charge on any atom is 0.248 e. The fourth-order valence-electron chi connectivity index (χ4n) is 3.69. The minimum absolute atomic E-state index is 0.0113. The van der Waals surface area contributed by atoms with Gasteiger partial charge in [0, 0.05) is 30.4 Å². The Bertz CT molecular complexity index is 910.